The second-order valence-corrected chi connectivity index (χ2v) is 6.05. The third kappa shape index (κ3) is 3.82. The van der Waals surface area contributed by atoms with Crippen molar-refractivity contribution in [1.29, 1.82) is 0 Å². The Bertz CT molecular complexity index is 725. The van der Waals surface area contributed by atoms with E-state index in [0.29, 0.717) is 13.1 Å². The van der Waals surface area contributed by atoms with Crippen molar-refractivity contribution in [2.45, 2.75) is 0 Å². The quantitative estimate of drug-likeness (QED) is 0.856. The number of amides is 1. The zero-order valence-electron chi connectivity index (χ0n) is 13.0. The number of carbonyl (C=O) groups is 1. The van der Waals surface area contributed by atoms with Gasteiger partial charge in [0.15, 0.2) is 5.13 Å². The Morgan fingerprint density at radius 2 is 2.13 bits per heavy atom. The largest absolute Gasteiger partial charge is 0.388 e. The van der Waals surface area contributed by atoms with Crippen molar-refractivity contribution in [3.63, 3.8) is 0 Å². The van der Waals surface area contributed by atoms with Gasteiger partial charge in [-0.3, -0.25) is 4.79 Å². The Morgan fingerprint density at radius 1 is 1.30 bits per heavy atom. The van der Waals surface area contributed by atoms with Crippen LogP contribution in [-0.4, -0.2) is 49.0 Å². The van der Waals surface area contributed by atoms with Gasteiger partial charge in [0.1, 0.15) is 0 Å². The van der Waals surface area contributed by atoms with Crippen LogP contribution in [0, 0.1) is 11.8 Å². The fourth-order valence-electron chi connectivity index (χ4n) is 2.43. The van der Waals surface area contributed by atoms with Gasteiger partial charge in [0.2, 0.25) is 0 Å². The maximum absolute atomic E-state index is 12.2. The number of carbonyl (C=O) groups excluding carboxylic acids is 1. The normalized spacial score (nSPS) is 14.1. The molecule has 1 fully saturated rings. The highest BCUT2D eigenvalue weighted by molar-refractivity contribution is 7.13. The van der Waals surface area contributed by atoms with Gasteiger partial charge in [-0.05, 0) is 18.2 Å². The fourth-order valence-corrected chi connectivity index (χ4v) is 3.13. The number of hydrogen-bond donors (Lipinski definition) is 1. The van der Waals surface area contributed by atoms with E-state index in [-0.39, 0.29) is 5.91 Å². The molecule has 6 heteroatoms. The van der Waals surface area contributed by atoms with Crippen molar-refractivity contribution in [2.75, 3.05) is 43.4 Å². The summed E-state index contributed by atoms with van der Waals surface area (Å²) < 4.78 is 0. The molecule has 0 radical (unpaired) electrons. The Hall–Kier alpha value is -2.52. The minimum Gasteiger partial charge on any atom is -0.388 e. The highest BCUT2D eigenvalue weighted by Gasteiger charge is 2.21. The zero-order chi connectivity index (χ0) is 16.1. The van der Waals surface area contributed by atoms with Gasteiger partial charge in [0.25, 0.3) is 5.91 Å². The van der Waals surface area contributed by atoms with E-state index in [1.54, 1.807) is 16.2 Å². The van der Waals surface area contributed by atoms with Crippen LogP contribution < -0.4 is 10.2 Å². The molecule has 0 atom stereocenters. The Kier molecular flexibility index (Phi) is 4.79. The predicted octanol–water partition coefficient (Wildman–Crippen LogP) is 1.89. The van der Waals surface area contributed by atoms with E-state index >= 15 is 0 Å². The lowest BCUT2D eigenvalue weighted by Gasteiger charge is -2.33. The van der Waals surface area contributed by atoms with E-state index in [9.17, 15) is 4.79 Å². The average molecular weight is 326 g/mol. The molecule has 1 aliphatic heterocycles. The van der Waals surface area contributed by atoms with Gasteiger partial charge in [-0.15, -0.1) is 11.3 Å². The van der Waals surface area contributed by atoms with Gasteiger partial charge in [-0.1, -0.05) is 12.0 Å². The lowest BCUT2D eigenvalue weighted by molar-refractivity contribution is -0.125. The Balaban J connectivity index is 1.59. The molecule has 118 valence electrons. The van der Waals surface area contributed by atoms with Crippen molar-refractivity contribution >= 4 is 28.1 Å². The van der Waals surface area contributed by atoms with Crippen LogP contribution in [0.5, 0.6) is 0 Å². The van der Waals surface area contributed by atoms with E-state index in [0.717, 1.165) is 29.5 Å². The molecule has 1 aromatic carbocycles. The van der Waals surface area contributed by atoms with E-state index in [2.05, 4.69) is 27.0 Å². The summed E-state index contributed by atoms with van der Waals surface area (Å²) in [5, 5.41) is 6.05. The molecule has 1 aliphatic rings. The van der Waals surface area contributed by atoms with Crippen LogP contribution in [0.2, 0.25) is 0 Å². The first-order valence-corrected chi connectivity index (χ1v) is 8.37. The van der Waals surface area contributed by atoms with Crippen molar-refractivity contribution in [2.24, 2.45) is 0 Å². The third-order valence-corrected chi connectivity index (χ3v) is 4.55. The first-order chi connectivity index (χ1) is 11.3. The third-order valence-electron chi connectivity index (χ3n) is 3.72. The maximum Gasteiger partial charge on any atom is 0.298 e. The molecule has 0 bridgehead atoms. The van der Waals surface area contributed by atoms with Crippen LogP contribution in [0.15, 0.2) is 35.8 Å². The van der Waals surface area contributed by atoms with Gasteiger partial charge in [0.05, 0.1) is 0 Å². The molecule has 0 aliphatic carbocycles. The van der Waals surface area contributed by atoms with Crippen LogP contribution in [-0.2, 0) is 4.79 Å². The highest BCUT2D eigenvalue weighted by atomic mass is 32.1. The number of nitrogens with one attached hydrogen (secondary N) is 1. The SMILES string of the molecule is CNc1cccc(C#CC(=O)N2CCN(c3nccs3)CC2)c1. The number of piperazine rings is 1. The average Bonchev–Trinajstić information content (AvgIpc) is 3.14. The van der Waals surface area contributed by atoms with E-state index < -0.39 is 0 Å². The number of anilines is 2. The van der Waals surface area contributed by atoms with Gasteiger partial charge >= 0.3 is 0 Å². The molecule has 1 N–H and O–H groups in total. The van der Waals surface area contributed by atoms with Crippen molar-refractivity contribution in [3.8, 4) is 11.8 Å². The molecule has 23 heavy (non-hydrogen) atoms. The summed E-state index contributed by atoms with van der Waals surface area (Å²) in [6.07, 6.45) is 1.81. The molecule has 0 spiro atoms. The molecule has 1 saturated heterocycles. The maximum atomic E-state index is 12.2. The summed E-state index contributed by atoms with van der Waals surface area (Å²) in [5.41, 5.74) is 1.83. The van der Waals surface area contributed by atoms with E-state index in [1.165, 1.54) is 0 Å². The number of aromatic nitrogens is 1. The topological polar surface area (TPSA) is 48.5 Å². The second kappa shape index (κ2) is 7.16. The highest BCUT2D eigenvalue weighted by Crippen LogP contribution is 2.18. The van der Waals surface area contributed by atoms with Crippen LogP contribution in [0.1, 0.15) is 5.56 Å². The molecule has 3 rings (SSSR count). The first-order valence-electron chi connectivity index (χ1n) is 7.49. The molecule has 0 saturated carbocycles. The molecule has 2 aromatic rings. The first kappa shape index (κ1) is 15.4. The molecular weight excluding hydrogens is 308 g/mol. The monoisotopic (exact) mass is 326 g/mol. The van der Waals surface area contributed by atoms with E-state index in [4.69, 9.17) is 0 Å². The van der Waals surface area contributed by atoms with Crippen LogP contribution in [0.4, 0.5) is 10.8 Å². The molecule has 0 unspecified atom stereocenters. The van der Waals surface area contributed by atoms with Crippen LogP contribution in [0.25, 0.3) is 0 Å². The van der Waals surface area contributed by atoms with Crippen LogP contribution >= 0.6 is 11.3 Å². The number of rotatable bonds is 2. The standard InChI is InChI=1S/C17H18N4OS/c1-18-15-4-2-3-14(13-15)5-6-16(22)20-8-10-21(11-9-20)17-19-7-12-23-17/h2-4,7,12-13,18H,8-11H2,1H3. The minimum atomic E-state index is -0.112. The smallest absolute Gasteiger partial charge is 0.298 e. The number of thiazole rings is 1. The van der Waals surface area contributed by atoms with Crippen molar-refractivity contribution in [1.82, 2.24) is 9.88 Å². The summed E-state index contributed by atoms with van der Waals surface area (Å²) in [6.45, 7) is 2.97. The minimum absolute atomic E-state index is 0.112. The summed E-state index contributed by atoms with van der Waals surface area (Å²) in [6, 6.07) is 7.72. The summed E-state index contributed by atoms with van der Waals surface area (Å²) >= 11 is 1.63. The molecule has 5 nitrogen and oxygen atoms in total. The lowest BCUT2D eigenvalue weighted by atomic mass is 10.2. The molecular formula is C17H18N4OS. The lowest BCUT2D eigenvalue weighted by Crippen LogP contribution is -2.48. The Labute approximate surface area is 139 Å². The second-order valence-electron chi connectivity index (χ2n) is 5.17. The number of nitrogens with zero attached hydrogens (tertiary/aromatic N) is 3. The van der Waals surface area contributed by atoms with Gasteiger partial charge < -0.3 is 15.1 Å². The fraction of sp³-hybridized carbons (Fsp3) is 0.294. The van der Waals surface area contributed by atoms with Gasteiger partial charge in [-0.2, -0.15) is 0 Å². The van der Waals surface area contributed by atoms with Crippen molar-refractivity contribution in [3.05, 3.63) is 41.4 Å². The molecule has 2 heterocycles. The molecule has 1 amide bonds. The van der Waals surface area contributed by atoms with Crippen LogP contribution in [0.3, 0.4) is 0 Å². The molecule has 1 aromatic heterocycles. The van der Waals surface area contributed by atoms with Gasteiger partial charge in [0, 0.05) is 62.0 Å². The van der Waals surface area contributed by atoms with E-state index in [1.807, 2.05) is 42.9 Å². The summed E-state index contributed by atoms with van der Waals surface area (Å²) in [7, 11) is 1.86. The predicted molar refractivity (Wildman–Crippen MR) is 93.8 cm³/mol. The number of hydrogen-bond acceptors (Lipinski definition) is 5. The number of benzene rings is 1. The summed E-state index contributed by atoms with van der Waals surface area (Å²) in [4.78, 5) is 20.5. The zero-order valence-corrected chi connectivity index (χ0v) is 13.8. The summed E-state index contributed by atoms with van der Waals surface area (Å²) in [5.74, 6) is 5.58. The van der Waals surface area contributed by atoms with Gasteiger partial charge in [-0.25, -0.2) is 4.98 Å². The Morgan fingerprint density at radius 3 is 2.83 bits per heavy atom. The van der Waals surface area contributed by atoms with Crippen molar-refractivity contribution < 1.29 is 4.79 Å².